The first-order valence-electron chi connectivity index (χ1n) is 8.97. The predicted molar refractivity (Wildman–Crippen MR) is 103 cm³/mol. The van der Waals surface area contributed by atoms with E-state index in [1.165, 1.54) is 7.11 Å². The molecule has 6 heteroatoms. The number of hydrogen-bond donors (Lipinski definition) is 0. The summed E-state index contributed by atoms with van der Waals surface area (Å²) in [5.41, 5.74) is 0.391. The van der Waals surface area contributed by atoms with Crippen LogP contribution in [-0.2, 0) is 14.3 Å². The van der Waals surface area contributed by atoms with Crippen molar-refractivity contribution >= 4 is 23.8 Å². The van der Waals surface area contributed by atoms with Crippen molar-refractivity contribution in [1.29, 1.82) is 0 Å². The lowest BCUT2D eigenvalue weighted by Crippen LogP contribution is -2.38. The van der Waals surface area contributed by atoms with Crippen LogP contribution in [-0.4, -0.2) is 41.5 Å². The second-order valence-electron chi connectivity index (χ2n) is 7.74. The summed E-state index contributed by atoms with van der Waals surface area (Å²) in [7, 11) is 1.39. The van der Waals surface area contributed by atoms with Crippen molar-refractivity contribution in [2.75, 3.05) is 13.7 Å². The third kappa shape index (κ3) is 4.93. The van der Waals surface area contributed by atoms with Crippen molar-refractivity contribution < 1.29 is 19.1 Å². The number of likely N-dealkylation sites (tertiary alicyclic amines) is 1. The number of nitrogens with zero attached hydrogens (tertiary/aromatic N) is 1. The molecule has 0 radical (unpaired) electrons. The number of carbonyl (C=O) groups is 2. The number of esters is 1. The molecule has 1 amide bonds. The van der Waals surface area contributed by atoms with Crippen molar-refractivity contribution in [2.45, 2.75) is 62.8 Å². The Kier molecular flexibility index (Phi) is 6.61. The maximum absolute atomic E-state index is 12.8. The molecule has 0 aromatic heterocycles. The number of benzene rings is 1. The van der Waals surface area contributed by atoms with Crippen molar-refractivity contribution in [3.05, 3.63) is 29.8 Å². The van der Waals surface area contributed by atoms with Gasteiger partial charge in [-0.15, -0.1) is 11.8 Å². The van der Waals surface area contributed by atoms with Gasteiger partial charge in [-0.25, -0.2) is 4.79 Å². The number of rotatable bonds is 4. The average Bonchev–Trinajstić information content (AvgIpc) is 2.97. The lowest BCUT2D eigenvalue weighted by atomic mass is 9.93. The zero-order valence-corrected chi connectivity index (χ0v) is 17.3. The van der Waals surface area contributed by atoms with Crippen LogP contribution in [0.1, 0.15) is 52.6 Å². The van der Waals surface area contributed by atoms with E-state index in [2.05, 4.69) is 13.8 Å². The lowest BCUT2D eigenvalue weighted by Gasteiger charge is -2.31. The Morgan fingerprint density at radius 1 is 1.23 bits per heavy atom. The zero-order valence-electron chi connectivity index (χ0n) is 16.4. The Labute approximate surface area is 160 Å². The summed E-state index contributed by atoms with van der Waals surface area (Å²) >= 11 is 1.73. The van der Waals surface area contributed by atoms with Crippen LogP contribution in [0.25, 0.3) is 0 Å². The van der Waals surface area contributed by atoms with Crippen molar-refractivity contribution in [1.82, 2.24) is 4.90 Å². The monoisotopic (exact) mass is 379 g/mol. The van der Waals surface area contributed by atoms with E-state index in [0.29, 0.717) is 18.2 Å². The molecule has 0 spiro atoms. The molecule has 1 aliphatic rings. The van der Waals surface area contributed by atoms with Gasteiger partial charge in [0.15, 0.2) is 0 Å². The summed E-state index contributed by atoms with van der Waals surface area (Å²) in [5, 5.41) is 0.393. The smallest absolute Gasteiger partial charge is 0.410 e. The summed E-state index contributed by atoms with van der Waals surface area (Å²) in [6.07, 6.45) is 0.176. The number of hydrogen-bond acceptors (Lipinski definition) is 5. The van der Waals surface area contributed by atoms with E-state index < -0.39 is 11.7 Å². The molecule has 0 N–H and O–H groups in total. The Morgan fingerprint density at radius 2 is 1.88 bits per heavy atom. The number of carbonyl (C=O) groups excluding carboxylic acids is 2. The zero-order chi connectivity index (χ0) is 19.5. The molecule has 1 aliphatic heterocycles. The summed E-state index contributed by atoms with van der Waals surface area (Å²) < 4.78 is 10.6. The fourth-order valence-electron chi connectivity index (χ4n) is 3.19. The number of methoxy groups -OCH3 is 1. The van der Waals surface area contributed by atoms with E-state index >= 15 is 0 Å². The van der Waals surface area contributed by atoms with E-state index in [-0.39, 0.29) is 17.9 Å². The van der Waals surface area contributed by atoms with Crippen molar-refractivity contribution in [2.24, 2.45) is 5.92 Å². The third-order valence-electron chi connectivity index (χ3n) is 4.13. The molecule has 1 aromatic carbocycles. The summed E-state index contributed by atoms with van der Waals surface area (Å²) in [6.45, 7) is 10.3. The quantitative estimate of drug-likeness (QED) is 0.563. The first-order chi connectivity index (χ1) is 12.1. The molecule has 1 heterocycles. The predicted octanol–water partition coefficient (Wildman–Crippen LogP) is 4.66. The molecular weight excluding hydrogens is 350 g/mol. The van der Waals surface area contributed by atoms with E-state index in [0.717, 1.165) is 10.5 Å². The lowest BCUT2D eigenvalue weighted by molar-refractivity contribution is -0.146. The normalized spacial score (nSPS) is 20.3. The van der Waals surface area contributed by atoms with E-state index in [9.17, 15) is 9.59 Å². The van der Waals surface area contributed by atoms with Crippen molar-refractivity contribution in [3.63, 3.8) is 0 Å². The van der Waals surface area contributed by atoms with Crippen LogP contribution in [0.15, 0.2) is 29.2 Å². The molecule has 2 atom stereocenters. The highest BCUT2D eigenvalue weighted by atomic mass is 32.2. The van der Waals surface area contributed by atoms with Gasteiger partial charge in [0.25, 0.3) is 0 Å². The van der Waals surface area contributed by atoms with Gasteiger partial charge in [0, 0.05) is 16.7 Å². The third-order valence-corrected chi connectivity index (χ3v) is 5.23. The Morgan fingerprint density at radius 3 is 2.46 bits per heavy atom. The fourth-order valence-corrected chi connectivity index (χ4v) is 4.18. The minimum atomic E-state index is -0.586. The largest absolute Gasteiger partial charge is 0.469 e. The van der Waals surface area contributed by atoms with Crippen LogP contribution < -0.4 is 0 Å². The van der Waals surface area contributed by atoms with Crippen LogP contribution in [0.5, 0.6) is 0 Å². The molecule has 0 saturated carbocycles. The van der Waals surface area contributed by atoms with Gasteiger partial charge >= 0.3 is 12.1 Å². The maximum Gasteiger partial charge on any atom is 0.410 e. The van der Waals surface area contributed by atoms with Crippen LogP contribution >= 0.6 is 11.8 Å². The van der Waals surface area contributed by atoms with Crippen molar-refractivity contribution in [3.8, 4) is 0 Å². The van der Waals surface area contributed by atoms with Gasteiger partial charge in [0.05, 0.1) is 19.1 Å². The van der Waals surface area contributed by atoms with Gasteiger partial charge in [-0.2, -0.15) is 0 Å². The van der Waals surface area contributed by atoms with E-state index in [1.807, 2.05) is 45.0 Å². The summed E-state index contributed by atoms with van der Waals surface area (Å²) in [5.74, 6) is -0.674. The maximum atomic E-state index is 12.8. The van der Waals surface area contributed by atoms with Crippen LogP contribution in [0, 0.1) is 5.92 Å². The molecule has 1 fully saturated rings. The van der Waals surface area contributed by atoms with Gasteiger partial charge in [-0.05, 0) is 38.8 Å². The molecule has 0 bridgehead atoms. The molecule has 1 aromatic rings. The molecule has 1 saturated heterocycles. The summed E-state index contributed by atoms with van der Waals surface area (Å²) in [6, 6.07) is 7.58. The molecule has 2 rings (SSSR count). The molecule has 5 nitrogen and oxygen atoms in total. The molecule has 0 unspecified atom stereocenters. The number of amides is 1. The topological polar surface area (TPSA) is 55.8 Å². The fraction of sp³-hybridized carbons (Fsp3) is 0.600. The first kappa shape index (κ1) is 20.6. The average molecular weight is 380 g/mol. The van der Waals surface area contributed by atoms with E-state index in [1.54, 1.807) is 16.7 Å². The number of thioether (sulfide) groups is 1. The highest BCUT2D eigenvalue weighted by Crippen LogP contribution is 2.43. The highest BCUT2D eigenvalue weighted by Gasteiger charge is 2.44. The van der Waals surface area contributed by atoms with Gasteiger partial charge in [-0.3, -0.25) is 4.79 Å². The minimum absolute atomic E-state index is 0.287. The van der Waals surface area contributed by atoms with Crippen LogP contribution in [0.4, 0.5) is 4.79 Å². The summed E-state index contributed by atoms with van der Waals surface area (Å²) in [4.78, 5) is 27.9. The standard InChI is InChI=1S/C20H29NO4S/c1-13(2)26-16-10-8-7-9-14(16)17-15(18(22)24-6)11-12-21(17)19(23)25-20(3,4)5/h7-10,13,15,17H,11-12H2,1-6H3/t15-,17-/m1/s1. The highest BCUT2D eigenvalue weighted by molar-refractivity contribution is 8.00. The van der Waals surface area contributed by atoms with Gasteiger partial charge in [0.1, 0.15) is 5.60 Å². The second-order valence-corrected chi connectivity index (χ2v) is 9.36. The second kappa shape index (κ2) is 8.33. The molecular formula is C20H29NO4S. The Balaban J connectivity index is 2.43. The number of ether oxygens (including phenoxy) is 2. The molecule has 144 valence electrons. The minimum Gasteiger partial charge on any atom is -0.469 e. The van der Waals surface area contributed by atoms with Crippen LogP contribution in [0.3, 0.4) is 0 Å². The Hall–Kier alpha value is -1.69. The Bertz CT molecular complexity index is 653. The van der Waals surface area contributed by atoms with Gasteiger partial charge < -0.3 is 14.4 Å². The van der Waals surface area contributed by atoms with Crippen LogP contribution in [0.2, 0.25) is 0 Å². The first-order valence-corrected chi connectivity index (χ1v) is 9.85. The van der Waals surface area contributed by atoms with E-state index in [4.69, 9.17) is 9.47 Å². The van der Waals surface area contributed by atoms with Gasteiger partial charge in [0.2, 0.25) is 0 Å². The SMILES string of the molecule is COC(=O)[C@@H]1CCN(C(=O)OC(C)(C)C)[C@@H]1c1ccccc1SC(C)C. The van der Waals surface area contributed by atoms with Gasteiger partial charge in [-0.1, -0.05) is 32.0 Å². The molecule has 26 heavy (non-hydrogen) atoms. The molecule has 0 aliphatic carbocycles.